The maximum Gasteiger partial charge on any atom is 0.243 e. The Morgan fingerprint density at radius 1 is 1.20 bits per heavy atom. The van der Waals surface area contributed by atoms with Crippen LogP contribution in [0.15, 0.2) is 42.5 Å². The van der Waals surface area contributed by atoms with E-state index in [1.54, 1.807) is 12.1 Å². The van der Waals surface area contributed by atoms with Crippen molar-refractivity contribution in [3.8, 4) is 0 Å². The SMILES string of the molecule is Cc1ccc(Cl)cc1NC(=O)CNc1ccc(I)cc1. The molecule has 0 spiro atoms. The molecule has 0 saturated carbocycles. The van der Waals surface area contributed by atoms with Crippen molar-refractivity contribution in [2.45, 2.75) is 6.92 Å². The Labute approximate surface area is 136 Å². The number of halogens is 2. The molecule has 2 N–H and O–H groups in total. The van der Waals surface area contributed by atoms with Gasteiger partial charge in [-0.05, 0) is 71.5 Å². The average Bonchev–Trinajstić information content (AvgIpc) is 2.42. The van der Waals surface area contributed by atoms with E-state index in [0.29, 0.717) is 5.02 Å². The van der Waals surface area contributed by atoms with E-state index in [4.69, 9.17) is 11.6 Å². The predicted octanol–water partition coefficient (Wildman–Crippen LogP) is 4.30. The van der Waals surface area contributed by atoms with Crippen LogP contribution in [0, 0.1) is 10.5 Å². The summed E-state index contributed by atoms with van der Waals surface area (Å²) < 4.78 is 1.16. The summed E-state index contributed by atoms with van der Waals surface area (Å²) >= 11 is 8.16. The molecule has 0 radical (unpaired) electrons. The van der Waals surface area contributed by atoms with Crippen molar-refractivity contribution in [2.24, 2.45) is 0 Å². The van der Waals surface area contributed by atoms with Gasteiger partial charge >= 0.3 is 0 Å². The van der Waals surface area contributed by atoms with Crippen molar-refractivity contribution >= 4 is 51.5 Å². The van der Waals surface area contributed by atoms with E-state index in [1.807, 2.05) is 37.3 Å². The molecule has 0 unspecified atom stereocenters. The van der Waals surface area contributed by atoms with Gasteiger partial charge in [-0.2, -0.15) is 0 Å². The summed E-state index contributed by atoms with van der Waals surface area (Å²) in [5.41, 5.74) is 2.65. The minimum absolute atomic E-state index is 0.103. The van der Waals surface area contributed by atoms with Gasteiger partial charge in [-0.25, -0.2) is 0 Å². The molecule has 0 aliphatic carbocycles. The van der Waals surface area contributed by atoms with Crippen molar-refractivity contribution in [3.05, 3.63) is 56.6 Å². The molecular formula is C15H14ClIN2O. The molecule has 0 atom stereocenters. The summed E-state index contributed by atoms with van der Waals surface area (Å²) in [6, 6.07) is 13.3. The molecule has 0 saturated heterocycles. The molecule has 0 fully saturated rings. The van der Waals surface area contributed by atoms with Gasteiger partial charge in [0.25, 0.3) is 0 Å². The minimum Gasteiger partial charge on any atom is -0.376 e. The lowest BCUT2D eigenvalue weighted by Crippen LogP contribution is -2.22. The molecule has 104 valence electrons. The van der Waals surface area contributed by atoms with Gasteiger partial charge in [-0.3, -0.25) is 4.79 Å². The van der Waals surface area contributed by atoms with Gasteiger partial charge in [0.2, 0.25) is 5.91 Å². The zero-order valence-corrected chi connectivity index (χ0v) is 13.8. The number of anilines is 2. The van der Waals surface area contributed by atoms with Crippen molar-refractivity contribution in [3.63, 3.8) is 0 Å². The van der Waals surface area contributed by atoms with E-state index < -0.39 is 0 Å². The monoisotopic (exact) mass is 400 g/mol. The smallest absolute Gasteiger partial charge is 0.243 e. The third-order valence-electron chi connectivity index (χ3n) is 2.77. The number of aryl methyl sites for hydroxylation is 1. The van der Waals surface area contributed by atoms with Crippen molar-refractivity contribution < 1.29 is 4.79 Å². The molecule has 1 amide bonds. The Morgan fingerprint density at radius 2 is 1.90 bits per heavy atom. The van der Waals surface area contributed by atoms with Crippen LogP contribution in [0.5, 0.6) is 0 Å². The molecule has 0 heterocycles. The Bertz CT molecular complexity index is 614. The number of carbonyl (C=O) groups is 1. The molecule has 0 bridgehead atoms. The number of carbonyl (C=O) groups excluding carboxylic acids is 1. The fourth-order valence-corrected chi connectivity index (χ4v) is 2.21. The molecule has 3 nitrogen and oxygen atoms in total. The Kier molecular flexibility index (Phi) is 5.25. The van der Waals surface area contributed by atoms with Gasteiger partial charge in [-0.1, -0.05) is 17.7 Å². The molecule has 2 aromatic rings. The summed E-state index contributed by atoms with van der Waals surface area (Å²) in [5, 5.41) is 6.53. The van der Waals surface area contributed by atoms with Gasteiger partial charge in [-0.15, -0.1) is 0 Å². The first kappa shape index (κ1) is 15.1. The fraction of sp³-hybridized carbons (Fsp3) is 0.133. The Balaban J connectivity index is 1.92. The Hall–Kier alpha value is -1.27. The Morgan fingerprint density at radius 3 is 2.60 bits per heavy atom. The summed E-state index contributed by atoms with van der Waals surface area (Å²) in [6.45, 7) is 2.14. The van der Waals surface area contributed by atoms with Crippen LogP contribution in [0.4, 0.5) is 11.4 Å². The lowest BCUT2D eigenvalue weighted by Gasteiger charge is -2.10. The van der Waals surface area contributed by atoms with E-state index in [9.17, 15) is 4.79 Å². The van der Waals surface area contributed by atoms with E-state index in [-0.39, 0.29) is 12.5 Å². The van der Waals surface area contributed by atoms with Crippen LogP contribution in [-0.2, 0) is 4.79 Å². The van der Waals surface area contributed by atoms with E-state index >= 15 is 0 Å². The maximum atomic E-state index is 11.9. The minimum atomic E-state index is -0.103. The molecule has 5 heteroatoms. The zero-order chi connectivity index (χ0) is 14.5. The highest BCUT2D eigenvalue weighted by Crippen LogP contribution is 2.20. The lowest BCUT2D eigenvalue weighted by molar-refractivity contribution is -0.114. The first-order valence-electron chi connectivity index (χ1n) is 6.10. The second-order valence-corrected chi connectivity index (χ2v) is 6.05. The highest BCUT2D eigenvalue weighted by atomic mass is 127. The first-order valence-corrected chi connectivity index (χ1v) is 7.56. The number of nitrogens with one attached hydrogen (secondary N) is 2. The number of amides is 1. The quantitative estimate of drug-likeness (QED) is 0.751. The number of benzene rings is 2. The topological polar surface area (TPSA) is 41.1 Å². The summed E-state index contributed by atoms with van der Waals surface area (Å²) in [5.74, 6) is -0.103. The standard InChI is InChI=1S/C15H14ClIN2O/c1-10-2-3-11(16)8-14(10)19-15(20)9-18-13-6-4-12(17)5-7-13/h2-8,18H,9H2,1H3,(H,19,20). The summed E-state index contributed by atoms with van der Waals surface area (Å²) in [6.07, 6.45) is 0. The van der Waals surface area contributed by atoms with Gasteiger partial charge < -0.3 is 10.6 Å². The second kappa shape index (κ2) is 6.95. The summed E-state index contributed by atoms with van der Waals surface area (Å²) in [4.78, 5) is 11.9. The highest BCUT2D eigenvalue weighted by Gasteiger charge is 2.05. The van der Waals surface area contributed by atoms with Crippen LogP contribution in [-0.4, -0.2) is 12.5 Å². The molecule has 0 aromatic heterocycles. The van der Waals surface area contributed by atoms with Gasteiger partial charge in [0, 0.05) is 20.0 Å². The zero-order valence-electron chi connectivity index (χ0n) is 10.9. The van der Waals surface area contributed by atoms with Gasteiger partial charge in [0.05, 0.1) is 6.54 Å². The van der Waals surface area contributed by atoms with Gasteiger partial charge in [0.1, 0.15) is 0 Å². The van der Waals surface area contributed by atoms with Crippen molar-refractivity contribution in [1.29, 1.82) is 0 Å². The number of rotatable bonds is 4. The van der Waals surface area contributed by atoms with E-state index in [1.165, 1.54) is 0 Å². The van der Waals surface area contributed by atoms with Crippen LogP contribution in [0.1, 0.15) is 5.56 Å². The van der Waals surface area contributed by atoms with Crippen LogP contribution >= 0.6 is 34.2 Å². The van der Waals surface area contributed by atoms with Crippen LogP contribution in [0.3, 0.4) is 0 Å². The fourth-order valence-electron chi connectivity index (χ4n) is 1.67. The first-order chi connectivity index (χ1) is 9.54. The van der Waals surface area contributed by atoms with E-state index in [2.05, 4.69) is 33.2 Å². The van der Waals surface area contributed by atoms with Gasteiger partial charge in [0.15, 0.2) is 0 Å². The average molecular weight is 401 g/mol. The van der Waals surface area contributed by atoms with Crippen LogP contribution in [0.2, 0.25) is 5.02 Å². The van der Waals surface area contributed by atoms with Crippen molar-refractivity contribution in [1.82, 2.24) is 0 Å². The molecular weight excluding hydrogens is 387 g/mol. The third kappa shape index (κ3) is 4.38. The van der Waals surface area contributed by atoms with Crippen LogP contribution < -0.4 is 10.6 Å². The molecule has 2 rings (SSSR count). The maximum absolute atomic E-state index is 11.9. The normalized spacial score (nSPS) is 10.2. The summed E-state index contributed by atoms with van der Waals surface area (Å²) in [7, 11) is 0. The van der Waals surface area contributed by atoms with E-state index in [0.717, 1.165) is 20.5 Å². The molecule has 0 aliphatic heterocycles. The number of hydrogen-bond acceptors (Lipinski definition) is 2. The van der Waals surface area contributed by atoms with Crippen LogP contribution in [0.25, 0.3) is 0 Å². The highest BCUT2D eigenvalue weighted by molar-refractivity contribution is 14.1. The van der Waals surface area contributed by atoms with Crippen molar-refractivity contribution in [2.75, 3.05) is 17.2 Å². The molecule has 0 aliphatic rings. The lowest BCUT2D eigenvalue weighted by atomic mass is 10.2. The second-order valence-electron chi connectivity index (χ2n) is 4.37. The number of hydrogen-bond donors (Lipinski definition) is 2. The predicted molar refractivity (Wildman–Crippen MR) is 92.5 cm³/mol. The molecule has 2 aromatic carbocycles. The largest absolute Gasteiger partial charge is 0.376 e. The third-order valence-corrected chi connectivity index (χ3v) is 3.73. The molecule has 20 heavy (non-hydrogen) atoms.